The average molecular weight is 554 g/mol. The van der Waals surface area contributed by atoms with Gasteiger partial charge in [-0.05, 0) is 48.0 Å². The van der Waals surface area contributed by atoms with Crippen molar-refractivity contribution in [2.24, 2.45) is 0 Å². The lowest BCUT2D eigenvalue weighted by atomic mass is 10.2. The van der Waals surface area contributed by atoms with Crippen LogP contribution >= 0.6 is 23.2 Å². The molecule has 0 aliphatic rings. The van der Waals surface area contributed by atoms with Crippen LogP contribution in [0, 0.1) is 10.1 Å². The molecule has 192 valence electrons. The van der Waals surface area contributed by atoms with Crippen molar-refractivity contribution >= 4 is 46.9 Å². The zero-order chi connectivity index (χ0) is 27.1. The predicted octanol–water partition coefficient (Wildman–Crippen LogP) is 7.08. The second-order valence-electron chi connectivity index (χ2n) is 7.48. The summed E-state index contributed by atoms with van der Waals surface area (Å²) in [5, 5.41) is 10.7. The second-order valence-corrected chi connectivity index (χ2v) is 8.23. The summed E-state index contributed by atoms with van der Waals surface area (Å²) in [7, 11) is 0. The first-order chi connectivity index (χ1) is 18.3. The van der Waals surface area contributed by atoms with Crippen molar-refractivity contribution in [3.05, 3.63) is 117 Å². The summed E-state index contributed by atoms with van der Waals surface area (Å²) in [5.41, 5.74) is 0.116. The number of halogens is 2. The van der Waals surface area contributed by atoms with Gasteiger partial charge < -0.3 is 14.2 Å². The van der Waals surface area contributed by atoms with E-state index in [4.69, 9.17) is 37.4 Å². The van der Waals surface area contributed by atoms with E-state index in [2.05, 4.69) is 4.98 Å². The summed E-state index contributed by atoms with van der Waals surface area (Å²) < 4.78 is 16.4. The van der Waals surface area contributed by atoms with E-state index in [1.165, 1.54) is 24.4 Å². The minimum absolute atomic E-state index is 0.0965. The molecule has 0 aliphatic carbocycles. The number of pyridine rings is 1. The lowest BCUT2D eigenvalue weighted by Gasteiger charge is -2.19. The maximum Gasteiger partial charge on any atom is 0.430 e. The van der Waals surface area contributed by atoms with Gasteiger partial charge in [0.2, 0.25) is 0 Å². The molecule has 38 heavy (non-hydrogen) atoms. The Morgan fingerprint density at radius 1 is 0.842 bits per heavy atom. The number of anilines is 1. The number of imide groups is 1. The number of amides is 2. The Bertz CT molecular complexity index is 1420. The molecule has 0 aliphatic heterocycles. The van der Waals surface area contributed by atoms with Gasteiger partial charge >= 0.3 is 12.2 Å². The van der Waals surface area contributed by atoms with Crippen LogP contribution in [0.4, 0.5) is 21.1 Å². The number of benzene rings is 3. The maximum atomic E-state index is 13.0. The molecule has 0 saturated carbocycles. The van der Waals surface area contributed by atoms with Gasteiger partial charge in [-0.25, -0.2) is 14.6 Å². The first-order valence-corrected chi connectivity index (χ1v) is 11.6. The van der Waals surface area contributed by atoms with Crippen molar-refractivity contribution in [1.29, 1.82) is 0 Å². The lowest BCUT2D eigenvalue weighted by molar-refractivity contribution is -0.384. The van der Waals surface area contributed by atoms with Crippen molar-refractivity contribution in [2.45, 2.75) is 6.61 Å². The molecule has 0 unspecified atom stereocenters. The zero-order valence-corrected chi connectivity index (χ0v) is 20.8. The fourth-order valence-electron chi connectivity index (χ4n) is 3.14. The fourth-order valence-corrected chi connectivity index (χ4v) is 3.58. The summed E-state index contributed by atoms with van der Waals surface area (Å²) >= 11 is 12.1. The van der Waals surface area contributed by atoms with E-state index in [1.807, 2.05) is 0 Å². The molecule has 3 aromatic carbocycles. The fraction of sp³-hybridized carbons (Fsp3) is 0.0385. The number of nitrogens with zero attached hydrogens (tertiary/aromatic N) is 3. The zero-order valence-electron chi connectivity index (χ0n) is 19.3. The Kier molecular flexibility index (Phi) is 8.37. The monoisotopic (exact) mass is 553 g/mol. The number of rotatable bonds is 7. The SMILES string of the molecule is O=C(Oc1ccccc1)N(C(=O)Oc1ccccc1)c1cc(COc2ccc([N+](=O)[O-])c(Cl)c2Cl)ccn1. The Hall–Kier alpha value is -4.67. The van der Waals surface area contributed by atoms with Crippen molar-refractivity contribution in [3.8, 4) is 17.2 Å². The summed E-state index contributed by atoms with van der Waals surface area (Å²) in [6.45, 7) is -0.0985. The Morgan fingerprint density at radius 2 is 1.42 bits per heavy atom. The molecule has 4 aromatic rings. The summed E-state index contributed by atoms with van der Waals surface area (Å²) in [6.07, 6.45) is -0.738. The largest absolute Gasteiger partial charge is 0.487 e. The van der Waals surface area contributed by atoms with Crippen molar-refractivity contribution in [1.82, 2.24) is 4.98 Å². The van der Waals surface area contributed by atoms with Gasteiger partial charge in [0, 0.05) is 12.3 Å². The van der Waals surface area contributed by atoms with E-state index >= 15 is 0 Å². The number of para-hydroxylation sites is 2. The molecule has 4 rings (SSSR count). The third-order valence-corrected chi connectivity index (χ3v) is 5.77. The van der Waals surface area contributed by atoms with Crippen LogP contribution in [0.15, 0.2) is 91.1 Å². The van der Waals surface area contributed by atoms with Crippen LogP contribution in [0.1, 0.15) is 5.56 Å². The molecule has 10 nitrogen and oxygen atoms in total. The molecule has 0 N–H and O–H groups in total. The van der Waals surface area contributed by atoms with Crippen LogP contribution < -0.4 is 19.1 Å². The summed E-state index contributed by atoms with van der Waals surface area (Å²) in [4.78, 5) is 41.2. The normalized spacial score (nSPS) is 10.4. The lowest BCUT2D eigenvalue weighted by Crippen LogP contribution is -2.41. The Balaban J connectivity index is 1.58. The minimum atomic E-state index is -1.05. The Labute approximate surface area is 226 Å². The van der Waals surface area contributed by atoms with Crippen LogP contribution in [-0.2, 0) is 6.61 Å². The van der Waals surface area contributed by atoms with E-state index < -0.39 is 17.1 Å². The van der Waals surface area contributed by atoms with Crippen LogP contribution in [-0.4, -0.2) is 22.1 Å². The molecule has 0 bridgehead atoms. The number of aromatic nitrogens is 1. The van der Waals surface area contributed by atoms with E-state index in [1.54, 1.807) is 66.7 Å². The molecule has 0 saturated heterocycles. The third kappa shape index (κ3) is 6.36. The molecule has 1 aromatic heterocycles. The summed E-state index contributed by atoms with van der Waals surface area (Å²) in [5.74, 6) is 0.420. The van der Waals surface area contributed by atoms with Crippen molar-refractivity contribution < 1.29 is 28.7 Å². The van der Waals surface area contributed by atoms with Gasteiger partial charge in [0.25, 0.3) is 5.69 Å². The number of ether oxygens (including phenoxy) is 3. The number of carbonyl (C=O) groups excluding carboxylic acids is 2. The van der Waals surface area contributed by atoms with Crippen LogP contribution in [0.5, 0.6) is 17.2 Å². The highest BCUT2D eigenvalue weighted by Crippen LogP contribution is 2.38. The number of carbonyl (C=O) groups is 2. The van der Waals surface area contributed by atoms with Crippen LogP contribution in [0.2, 0.25) is 10.0 Å². The van der Waals surface area contributed by atoms with Gasteiger partial charge in [-0.15, -0.1) is 0 Å². The highest BCUT2D eigenvalue weighted by Gasteiger charge is 2.29. The molecule has 2 amide bonds. The molecular weight excluding hydrogens is 537 g/mol. The standard InChI is InChI=1S/C26H17Cl2N3O7/c27-23-20(31(34)35)11-12-21(24(23)28)36-16-17-13-14-29-22(15-17)30(25(32)37-18-7-3-1-4-8-18)26(33)38-19-9-5-2-6-10-19/h1-15H,16H2. The van der Waals surface area contributed by atoms with E-state index in [-0.39, 0.29) is 45.4 Å². The van der Waals surface area contributed by atoms with E-state index in [9.17, 15) is 19.7 Å². The minimum Gasteiger partial charge on any atom is -0.487 e. The average Bonchev–Trinajstić information content (AvgIpc) is 2.91. The first-order valence-electron chi connectivity index (χ1n) is 10.9. The van der Waals surface area contributed by atoms with Gasteiger partial charge in [0.05, 0.1) is 4.92 Å². The third-order valence-electron chi connectivity index (χ3n) is 4.92. The molecule has 0 fully saturated rings. The molecule has 1 heterocycles. The topological polar surface area (TPSA) is 121 Å². The second kappa shape index (κ2) is 12.0. The molecule has 0 spiro atoms. The highest BCUT2D eigenvalue weighted by molar-refractivity contribution is 6.44. The molecule has 0 atom stereocenters. The number of nitro groups is 1. The summed E-state index contributed by atoms with van der Waals surface area (Å²) in [6, 6.07) is 21.8. The number of nitro benzene ring substituents is 1. The van der Waals surface area contributed by atoms with Crippen LogP contribution in [0.3, 0.4) is 0 Å². The van der Waals surface area contributed by atoms with Gasteiger partial charge in [0.1, 0.15) is 39.7 Å². The van der Waals surface area contributed by atoms with Gasteiger partial charge in [-0.2, -0.15) is 4.90 Å². The number of hydrogen-bond acceptors (Lipinski definition) is 8. The van der Waals surface area contributed by atoms with Crippen LogP contribution in [0.25, 0.3) is 0 Å². The number of hydrogen-bond donors (Lipinski definition) is 0. The Morgan fingerprint density at radius 3 is 1.97 bits per heavy atom. The van der Waals surface area contributed by atoms with Gasteiger partial charge in [-0.1, -0.05) is 59.6 Å². The quantitative estimate of drug-likeness (QED) is 0.176. The van der Waals surface area contributed by atoms with E-state index in [0.717, 1.165) is 0 Å². The van der Waals surface area contributed by atoms with Crippen molar-refractivity contribution in [3.63, 3.8) is 0 Å². The van der Waals surface area contributed by atoms with Crippen molar-refractivity contribution in [2.75, 3.05) is 4.90 Å². The highest BCUT2D eigenvalue weighted by atomic mass is 35.5. The molecule has 0 radical (unpaired) electrons. The van der Waals surface area contributed by atoms with Gasteiger partial charge in [-0.3, -0.25) is 10.1 Å². The smallest absolute Gasteiger partial charge is 0.430 e. The first kappa shape index (κ1) is 26.4. The van der Waals surface area contributed by atoms with Gasteiger partial charge in [0.15, 0.2) is 0 Å². The van der Waals surface area contributed by atoms with E-state index in [0.29, 0.717) is 10.5 Å². The maximum absolute atomic E-state index is 13.0. The predicted molar refractivity (Wildman–Crippen MR) is 139 cm³/mol. The molecule has 12 heteroatoms. The molecular formula is C26H17Cl2N3O7.